The lowest BCUT2D eigenvalue weighted by molar-refractivity contribution is 0.512. The molecule has 1 aliphatic heterocycles. The van der Waals surface area contributed by atoms with Gasteiger partial charge in [0.05, 0.1) is 0 Å². The van der Waals surface area contributed by atoms with Crippen molar-refractivity contribution in [1.29, 1.82) is 0 Å². The minimum atomic E-state index is 0.210. The molecule has 2 heterocycles. The van der Waals surface area contributed by atoms with Crippen LogP contribution >= 0.6 is 0 Å². The van der Waals surface area contributed by atoms with E-state index in [0.29, 0.717) is 0 Å². The Morgan fingerprint density at radius 3 is 2.72 bits per heavy atom. The normalized spacial score (nSPS) is 18.1. The Morgan fingerprint density at radius 1 is 1.39 bits per heavy atom. The van der Waals surface area contributed by atoms with Gasteiger partial charge in [-0.3, -0.25) is 0 Å². The predicted molar refractivity (Wildman–Crippen MR) is 76.2 cm³/mol. The number of nitrogens with one attached hydrogen (secondary N) is 1. The van der Waals surface area contributed by atoms with E-state index in [1.54, 1.807) is 6.33 Å². The van der Waals surface area contributed by atoms with Crippen molar-refractivity contribution < 1.29 is 0 Å². The summed E-state index contributed by atoms with van der Waals surface area (Å²) >= 11 is 0. The molecule has 4 nitrogen and oxygen atoms in total. The summed E-state index contributed by atoms with van der Waals surface area (Å²) in [7, 11) is 1.93. The van der Waals surface area contributed by atoms with Crippen LogP contribution in [0.25, 0.3) is 0 Å². The largest absolute Gasteiger partial charge is 0.373 e. The summed E-state index contributed by atoms with van der Waals surface area (Å²) in [5.74, 6) is 2.10. The molecule has 0 aromatic carbocycles. The van der Waals surface area contributed by atoms with E-state index in [1.807, 2.05) is 7.05 Å². The summed E-state index contributed by atoms with van der Waals surface area (Å²) < 4.78 is 0. The Bertz CT molecular complexity index is 414. The van der Waals surface area contributed by atoms with E-state index in [9.17, 15) is 0 Å². The lowest BCUT2D eigenvalue weighted by atomic mass is 10.0. The van der Waals surface area contributed by atoms with Gasteiger partial charge in [0, 0.05) is 24.7 Å². The summed E-state index contributed by atoms with van der Waals surface area (Å²) in [5, 5.41) is 3.19. The van der Waals surface area contributed by atoms with Crippen molar-refractivity contribution in [2.45, 2.75) is 52.0 Å². The number of rotatable bonds is 4. The summed E-state index contributed by atoms with van der Waals surface area (Å²) in [4.78, 5) is 11.4. The molecule has 1 aromatic rings. The minimum absolute atomic E-state index is 0.210. The van der Waals surface area contributed by atoms with Crippen LogP contribution in [0, 0.1) is 0 Å². The smallest absolute Gasteiger partial charge is 0.137 e. The van der Waals surface area contributed by atoms with Crippen LogP contribution in [0.1, 0.15) is 45.6 Å². The molecule has 2 rings (SSSR count). The Hall–Kier alpha value is -1.32. The van der Waals surface area contributed by atoms with Gasteiger partial charge in [0.15, 0.2) is 0 Å². The highest BCUT2D eigenvalue weighted by molar-refractivity contribution is 5.60. The minimum Gasteiger partial charge on any atom is -0.373 e. The van der Waals surface area contributed by atoms with Gasteiger partial charge in [0.2, 0.25) is 0 Å². The van der Waals surface area contributed by atoms with Crippen LogP contribution in [0.5, 0.6) is 0 Å². The molecule has 0 bridgehead atoms. The fraction of sp³-hybridized carbons (Fsp3) is 0.714. The zero-order valence-corrected chi connectivity index (χ0v) is 12.0. The second kappa shape index (κ2) is 5.12. The van der Waals surface area contributed by atoms with Crippen LogP contribution in [0.3, 0.4) is 0 Å². The average molecular weight is 248 g/mol. The summed E-state index contributed by atoms with van der Waals surface area (Å²) in [6.45, 7) is 7.91. The number of anilines is 2. The molecule has 1 saturated heterocycles. The van der Waals surface area contributed by atoms with Gasteiger partial charge >= 0.3 is 0 Å². The summed E-state index contributed by atoms with van der Waals surface area (Å²) in [5.41, 5.74) is 1.47. The first-order valence-corrected chi connectivity index (χ1v) is 6.89. The molecule has 4 heteroatoms. The second-order valence-corrected chi connectivity index (χ2v) is 5.59. The Morgan fingerprint density at radius 2 is 2.17 bits per heavy atom. The first-order chi connectivity index (χ1) is 8.60. The van der Waals surface area contributed by atoms with Crippen LogP contribution < -0.4 is 10.2 Å². The van der Waals surface area contributed by atoms with Crippen molar-refractivity contribution in [3.63, 3.8) is 0 Å². The quantitative estimate of drug-likeness (QED) is 0.889. The average Bonchev–Trinajstić information content (AvgIpc) is 2.69. The highest BCUT2D eigenvalue weighted by Crippen LogP contribution is 2.36. The SMILES string of the molecule is CCCc1c(NC)ncnc1N1CCCC1(C)C. The monoisotopic (exact) mass is 248 g/mol. The van der Waals surface area contributed by atoms with E-state index in [1.165, 1.54) is 18.4 Å². The fourth-order valence-electron chi connectivity index (χ4n) is 2.83. The zero-order chi connectivity index (χ0) is 13.2. The van der Waals surface area contributed by atoms with Crippen molar-refractivity contribution in [3.05, 3.63) is 11.9 Å². The van der Waals surface area contributed by atoms with Crippen LogP contribution in [0.4, 0.5) is 11.6 Å². The molecule has 1 fully saturated rings. The molecule has 0 atom stereocenters. The topological polar surface area (TPSA) is 41.1 Å². The third-order valence-electron chi connectivity index (χ3n) is 3.82. The van der Waals surface area contributed by atoms with Gasteiger partial charge in [-0.25, -0.2) is 9.97 Å². The molecule has 0 saturated carbocycles. The van der Waals surface area contributed by atoms with Crippen LogP contribution in [-0.4, -0.2) is 29.1 Å². The number of aromatic nitrogens is 2. The molecule has 0 amide bonds. The van der Waals surface area contributed by atoms with Gasteiger partial charge in [-0.05, 0) is 33.1 Å². The third-order valence-corrected chi connectivity index (χ3v) is 3.82. The van der Waals surface area contributed by atoms with Crippen LogP contribution in [0.2, 0.25) is 0 Å². The Balaban J connectivity index is 2.43. The Labute approximate surface area is 110 Å². The van der Waals surface area contributed by atoms with E-state index in [4.69, 9.17) is 0 Å². The highest BCUT2D eigenvalue weighted by Gasteiger charge is 2.34. The van der Waals surface area contributed by atoms with Crippen molar-refractivity contribution in [2.24, 2.45) is 0 Å². The van der Waals surface area contributed by atoms with Gasteiger partial charge in [-0.15, -0.1) is 0 Å². The summed E-state index contributed by atoms with van der Waals surface area (Å²) in [6.07, 6.45) is 6.30. The second-order valence-electron chi connectivity index (χ2n) is 5.59. The maximum atomic E-state index is 4.56. The molecule has 18 heavy (non-hydrogen) atoms. The molecule has 0 spiro atoms. The molecular formula is C14H24N4. The van der Waals surface area contributed by atoms with Crippen molar-refractivity contribution in [1.82, 2.24) is 9.97 Å². The van der Waals surface area contributed by atoms with Crippen molar-refractivity contribution in [3.8, 4) is 0 Å². The lowest BCUT2D eigenvalue weighted by Gasteiger charge is -2.34. The Kier molecular flexibility index (Phi) is 3.73. The number of hydrogen-bond acceptors (Lipinski definition) is 4. The number of hydrogen-bond donors (Lipinski definition) is 1. The molecule has 0 aliphatic carbocycles. The predicted octanol–water partition coefficient (Wildman–Crippen LogP) is 2.85. The van der Waals surface area contributed by atoms with E-state index in [-0.39, 0.29) is 5.54 Å². The molecular weight excluding hydrogens is 224 g/mol. The van der Waals surface area contributed by atoms with E-state index < -0.39 is 0 Å². The fourth-order valence-corrected chi connectivity index (χ4v) is 2.83. The maximum Gasteiger partial charge on any atom is 0.137 e. The molecule has 0 unspecified atom stereocenters. The summed E-state index contributed by atoms with van der Waals surface area (Å²) in [6, 6.07) is 0. The van der Waals surface area contributed by atoms with Gasteiger partial charge in [-0.2, -0.15) is 0 Å². The standard InChI is InChI=1S/C14H24N4/c1-5-7-11-12(15-4)16-10-17-13(11)18-9-6-8-14(18,2)3/h10H,5-9H2,1-4H3,(H,15,16,17). The van der Waals surface area contributed by atoms with Gasteiger partial charge < -0.3 is 10.2 Å². The van der Waals surface area contributed by atoms with Gasteiger partial charge in [0.1, 0.15) is 18.0 Å². The first-order valence-electron chi connectivity index (χ1n) is 6.89. The maximum absolute atomic E-state index is 4.56. The molecule has 1 aromatic heterocycles. The molecule has 1 aliphatic rings. The van der Waals surface area contributed by atoms with Gasteiger partial charge in [0.25, 0.3) is 0 Å². The third kappa shape index (κ3) is 2.28. The molecule has 0 radical (unpaired) electrons. The first kappa shape index (κ1) is 13.1. The molecule has 100 valence electrons. The lowest BCUT2D eigenvalue weighted by Crippen LogP contribution is -2.39. The van der Waals surface area contributed by atoms with Crippen molar-refractivity contribution in [2.75, 3.05) is 23.8 Å². The van der Waals surface area contributed by atoms with E-state index in [2.05, 4.69) is 41.0 Å². The van der Waals surface area contributed by atoms with Crippen molar-refractivity contribution >= 4 is 11.6 Å². The van der Waals surface area contributed by atoms with Crippen LogP contribution in [-0.2, 0) is 6.42 Å². The van der Waals surface area contributed by atoms with E-state index in [0.717, 1.165) is 31.0 Å². The highest BCUT2D eigenvalue weighted by atomic mass is 15.3. The van der Waals surface area contributed by atoms with E-state index >= 15 is 0 Å². The van der Waals surface area contributed by atoms with Gasteiger partial charge in [-0.1, -0.05) is 13.3 Å². The van der Waals surface area contributed by atoms with Crippen LogP contribution in [0.15, 0.2) is 6.33 Å². The zero-order valence-electron chi connectivity index (χ0n) is 12.0. The molecule has 1 N–H and O–H groups in total. The number of nitrogens with zero attached hydrogens (tertiary/aromatic N) is 3.